The maximum Gasteiger partial charge on any atom is 0.371 e. The first-order chi connectivity index (χ1) is 9.65. The number of carboxylic acid groups (broad SMARTS) is 1. The zero-order valence-corrected chi connectivity index (χ0v) is 11.3. The second kappa shape index (κ2) is 5.13. The number of aromatic carboxylic acids is 1. The van der Waals surface area contributed by atoms with Gasteiger partial charge in [-0.3, -0.25) is 4.68 Å². The minimum absolute atomic E-state index is 0.0208. The number of aryl methyl sites for hydroxylation is 1. The van der Waals surface area contributed by atoms with Crippen LogP contribution in [0.5, 0.6) is 0 Å². The lowest BCUT2D eigenvalue weighted by Gasteiger charge is -2.23. The van der Waals surface area contributed by atoms with Crippen molar-refractivity contribution in [2.24, 2.45) is 7.05 Å². The molecule has 3 rings (SSSR count). The van der Waals surface area contributed by atoms with Crippen molar-refractivity contribution in [3.63, 3.8) is 0 Å². The van der Waals surface area contributed by atoms with E-state index in [0.29, 0.717) is 12.3 Å². The quantitative estimate of drug-likeness (QED) is 0.890. The highest BCUT2D eigenvalue weighted by atomic mass is 16.4. The van der Waals surface area contributed by atoms with Crippen LogP contribution in [-0.2, 0) is 20.0 Å². The second-order valence-corrected chi connectivity index (χ2v) is 5.07. The molecule has 2 aromatic heterocycles. The Bertz CT molecular complexity index is 629. The van der Waals surface area contributed by atoms with E-state index in [0.717, 1.165) is 19.3 Å². The number of nitrogens with zero attached hydrogens (tertiary/aromatic N) is 2. The van der Waals surface area contributed by atoms with Gasteiger partial charge in [0, 0.05) is 24.3 Å². The van der Waals surface area contributed by atoms with Gasteiger partial charge in [-0.05, 0) is 31.4 Å². The van der Waals surface area contributed by atoms with Crippen LogP contribution in [0.3, 0.4) is 0 Å². The Hall–Kier alpha value is -2.08. The van der Waals surface area contributed by atoms with Gasteiger partial charge in [0.2, 0.25) is 5.76 Å². The topological polar surface area (TPSA) is 80.3 Å². The zero-order valence-electron chi connectivity index (χ0n) is 11.3. The maximum absolute atomic E-state index is 10.8. The van der Waals surface area contributed by atoms with Crippen LogP contribution in [0, 0.1) is 0 Å². The zero-order chi connectivity index (χ0) is 14.1. The Kier molecular flexibility index (Phi) is 3.31. The molecule has 0 aliphatic heterocycles. The molecule has 20 heavy (non-hydrogen) atoms. The molecule has 1 atom stereocenters. The van der Waals surface area contributed by atoms with Crippen molar-refractivity contribution in [1.29, 1.82) is 0 Å². The molecule has 2 N–H and O–H groups in total. The highest BCUT2D eigenvalue weighted by molar-refractivity contribution is 5.84. The molecule has 2 heterocycles. The van der Waals surface area contributed by atoms with Crippen molar-refractivity contribution in [2.45, 2.75) is 31.8 Å². The fraction of sp³-hybridized carbons (Fsp3) is 0.429. The van der Waals surface area contributed by atoms with E-state index in [9.17, 15) is 4.79 Å². The van der Waals surface area contributed by atoms with Crippen molar-refractivity contribution < 1.29 is 14.3 Å². The molecule has 0 radical (unpaired) electrons. The molecular weight excluding hydrogens is 258 g/mol. The molecule has 2 aromatic rings. The standard InChI is InChI=1S/C14H17N3O3/c1-17-12-4-2-3-11(10(12)8-16-17)15-7-9-5-6-13(20-9)14(18)19/h5-6,8,11,15H,2-4,7H2,1H3,(H,18,19). The van der Waals surface area contributed by atoms with Crippen LogP contribution >= 0.6 is 0 Å². The third kappa shape index (κ3) is 2.34. The average Bonchev–Trinajstić information content (AvgIpc) is 3.04. The van der Waals surface area contributed by atoms with Crippen molar-refractivity contribution in [2.75, 3.05) is 0 Å². The normalized spacial score (nSPS) is 17.9. The van der Waals surface area contributed by atoms with Gasteiger partial charge < -0.3 is 14.8 Å². The van der Waals surface area contributed by atoms with Gasteiger partial charge >= 0.3 is 5.97 Å². The number of aromatic nitrogens is 2. The molecule has 0 aromatic carbocycles. The van der Waals surface area contributed by atoms with Crippen LogP contribution in [0.1, 0.15) is 46.5 Å². The molecule has 0 saturated carbocycles. The molecule has 0 amide bonds. The molecule has 0 spiro atoms. The van der Waals surface area contributed by atoms with Gasteiger partial charge in [-0.25, -0.2) is 4.79 Å². The highest BCUT2D eigenvalue weighted by Crippen LogP contribution is 2.29. The molecule has 0 bridgehead atoms. The van der Waals surface area contributed by atoms with Gasteiger partial charge in [0.1, 0.15) is 5.76 Å². The summed E-state index contributed by atoms with van der Waals surface area (Å²) >= 11 is 0. The van der Waals surface area contributed by atoms with E-state index in [1.807, 2.05) is 17.9 Å². The fourth-order valence-electron chi connectivity index (χ4n) is 2.73. The average molecular weight is 275 g/mol. The molecule has 6 nitrogen and oxygen atoms in total. The summed E-state index contributed by atoms with van der Waals surface area (Å²) in [5.74, 6) is -0.422. The Morgan fingerprint density at radius 1 is 1.60 bits per heavy atom. The summed E-state index contributed by atoms with van der Waals surface area (Å²) in [7, 11) is 1.97. The Balaban J connectivity index is 1.68. The van der Waals surface area contributed by atoms with Crippen LogP contribution in [0.25, 0.3) is 0 Å². The van der Waals surface area contributed by atoms with Gasteiger partial charge in [0.05, 0.1) is 12.7 Å². The minimum Gasteiger partial charge on any atom is -0.475 e. The fourth-order valence-corrected chi connectivity index (χ4v) is 2.73. The predicted molar refractivity (Wildman–Crippen MR) is 71.4 cm³/mol. The van der Waals surface area contributed by atoms with Crippen molar-refractivity contribution in [3.8, 4) is 0 Å². The molecule has 106 valence electrons. The molecule has 6 heteroatoms. The first-order valence-corrected chi connectivity index (χ1v) is 6.71. The summed E-state index contributed by atoms with van der Waals surface area (Å²) in [5, 5.41) is 16.5. The van der Waals surface area contributed by atoms with E-state index in [1.165, 1.54) is 17.3 Å². The van der Waals surface area contributed by atoms with Crippen LogP contribution in [0.2, 0.25) is 0 Å². The third-order valence-electron chi connectivity index (χ3n) is 3.77. The second-order valence-electron chi connectivity index (χ2n) is 5.07. The smallest absolute Gasteiger partial charge is 0.371 e. The Morgan fingerprint density at radius 3 is 3.20 bits per heavy atom. The van der Waals surface area contributed by atoms with E-state index in [4.69, 9.17) is 9.52 Å². The number of rotatable bonds is 4. The SMILES string of the molecule is Cn1ncc2c1CCCC2NCc1ccc(C(=O)O)o1. The monoisotopic (exact) mass is 275 g/mol. The molecule has 1 unspecified atom stereocenters. The maximum atomic E-state index is 10.8. The van der Waals surface area contributed by atoms with E-state index in [2.05, 4.69) is 10.4 Å². The largest absolute Gasteiger partial charge is 0.475 e. The van der Waals surface area contributed by atoms with Crippen molar-refractivity contribution in [1.82, 2.24) is 15.1 Å². The van der Waals surface area contributed by atoms with Crippen LogP contribution in [0.15, 0.2) is 22.7 Å². The summed E-state index contributed by atoms with van der Waals surface area (Å²) < 4.78 is 7.18. The third-order valence-corrected chi connectivity index (χ3v) is 3.77. The number of carbonyl (C=O) groups is 1. The molecule has 1 aliphatic rings. The summed E-state index contributed by atoms with van der Waals surface area (Å²) in [6.45, 7) is 0.520. The predicted octanol–water partition coefficient (Wildman–Crippen LogP) is 1.88. The van der Waals surface area contributed by atoms with Crippen LogP contribution < -0.4 is 5.32 Å². The van der Waals surface area contributed by atoms with E-state index >= 15 is 0 Å². The number of hydrogen-bond acceptors (Lipinski definition) is 4. The van der Waals surface area contributed by atoms with Crippen LogP contribution in [-0.4, -0.2) is 20.9 Å². The van der Waals surface area contributed by atoms with E-state index in [1.54, 1.807) is 6.07 Å². The lowest BCUT2D eigenvalue weighted by Crippen LogP contribution is -2.24. The summed E-state index contributed by atoms with van der Waals surface area (Å²) in [6, 6.07) is 3.44. The molecule has 0 saturated heterocycles. The first kappa shape index (κ1) is 12.9. The van der Waals surface area contributed by atoms with Crippen LogP contribution in [0.4, 0.5) is 0 Å². The lowest BCUT2D eigenvalue weighted by molar-refractivity contribution is 0.0660. The Morgan fingerprint density at radius 2 is 2.45 bits per heavy atom. The van der Waals surface area contributed by atoms with Crippen molar-refractivity contribution in [3.05, 3.63) is 41.1 Å². The molecule has 0 fully saturated rings. The lowest BCUT2D eigenvalue weighted by atomic mass is 9.93. The first-order valence-electron chi connectivity index (χ1n) is 6.71. The highest BCUT2D eigenvalue weighted by Gasteiger charge is 2.23. The molecular formula is C14H17N3O3. The van der Waals surface area contributed by atoms with E-state index in [-0.39, 0.29) is 11.8 Å². The number of hydrogen-bond donors (Lipinski definition) is 2. The summed E-state index contributed by atoms with van der Waals surface area (Å²) in [4.78, 5) is 10.8. The van der Waals surface area contributed by atoms with Gasteiger partial charge in [0.25, 0.3) is 0 Å². The number of fused-ring (bicyclic) bond motifs is 1. The Labute approximate surface area is 116 Å². The van der Waals surface area contributed by atoms with Gasteiger partial charge in [-0.15, -0.1) is 0 Å². The number of furan rings is 1. The van der Waals surface area contributed by atoms with Gasteiger partial charge in [0.15, 0.2) is 0 Å². The summed E-state index contributed by atoms with van der Waals surface area (Å²) in [5.41, 5.74) is 2.52. The van der Waals surface area contributed by atoms with E-state index < -0.39 is 5.97 Å². The van der Waals surface area contributed by atoms with Crippen molar-refractivity contribution >= 4 is 5.97 Å². The van der Waals surface area contributed by atoms with Gasteiger partial charge in [-0.1, -0.05) is 0 Å². The van der Waals surface area contributed by atoms with Gasteiger partial charge in [-0.2, -0.15) is 5.10 Å². The number of carboxylic acids is 1. The number of nitrogens with one attached hydrogen (secondary N) is 1. The summed E-state index contributed by atoms with van der Waals surface area (Å²) in [6.07, 6.45) is 5.17. The minimum atomic E-state index is -1.04. The molecule has 1 aliphatic carbocycles.